The fourth-order valence-electron chi connectivity index (χ4n) is 2.75. The van der Waals surface area contributed by atoms with Gasteiger partial charge in [0.25, 0.3) is 5.69 Å². The summed E-state index contributed by atoms with van der Waals surface area (Å²) < 4.78 is 16.2. The number of morpholine rings is 1. The first-order valence-electron chi connectivity index (χ1n) is 9.32. The minimum atomic E-state index is -0.566. The van der Waals surface area contributed by atoms with E-state index in [1.54, 1.807) is 33.8 Å². The second-order valence-corrected chi connectivity index (χ2v) is 7.78. The molecule has 0 aromatic heterocycles. The monoisotopic (exact) mass is 395 g/mol. The van der Waals surface area contributed by atoms with Crippen molar-refractivity contribution in [2.45, 2.75) is 45.9 Å². The van der Waals surface area contributed by atoms with Crippen molar-refractivity contribution < 1.29 is 23.9 Å². The molecule has 0 radical (unpaired) electrons. The minimum Gasteiger partial charge on any atom is -0.444 e. The van der Waals surface area contributed by atoms with E-state index in [1.165, 1.54) is 6.07 Å². The Labute approximate surface area is 165 Å². The van der Waals surface area contributed by atoms with Gasteiger partial charge in [-0.3, -0.25) is 10.1 Å². The molecule has 1 aliphatic rings. The number of nitro groups is 1. The number of hydrogen-bond acceptors (Lipinski definition) is 7. The highest BCUT2D eigenvalue weighted by atomic mass is 16.6. The van der Waals surface area contributed by atoms with Crippen LogP contribution >= 0.6 is 0 Å². The summed E-state index contributed by atoms with van der Waals surface area (Å²) in [6.07, 6.45) is -0.506. The first-order chi connectivity index (χ1) is 13.1. The Morgan fingerprint density at radius 1 is 1.32 bits per heavy atom. The molecule has 0 bridgehead atoms. The van der Waals surface area contributed by atoms with Gasteiger partial charge in [-0.1, -0.05) is 0 Å². The maximum atomic E-state index is 11.8. The van der Waals surface area contributed by atoms with Crippen LogP contribution in [0.25, 0.3) is 0 Å². The summed E-state index contributed by atoms with van der Waals surface area (Å²) >= 11 is 0. The molecule has 0 unspecified atom stereocenters. The zero-order valence-corrected chi connectivity index (χ0v) is 16.9. The third-order valence-corrected chi connectivity index (χ3v) is 3.95. The zero-order valence-electron chi connectivity index (χ0n) is 16.9. The number of nitro benzene ring substituents is 1. The number of rotatable bonds is 7. The summed E-state index contributed by atoms with van der Waals surface area (Å²) in [5.74, 6) is 0. The van der Waals surface area contributed by atoms with Crippen LogP contribution in [0.1, 0.15) is 33.3 Å². The van der Waals surface area contributed by atoms with Gasteiger partial charge in [-0.2, -0.15) is 0 Å². The smallest absolute Gasteiger partial charge is 0.407 e. The van der Waals surface area contributed by atoms with Gasteiger partial charge in [-0.15, -0.1) is 0 Å². The van der Waals surface area contributed by atoms with Crippen molar-refractivity contribution in [1.29, 1.82) is 0 Å². The van der Waals surface area contributed by atoms with Crippen LogP contribution in [0, 0.1) is 10.1 Å². The Kier molecular flexibility index (Phi) is 7.59. The number of non-ortho nitro benzene ring substituents is 1. The van der Waals surface area contributed by atoms with Crippen molar-refractivity contribution in [3.05, 3.63) is 33.9 Å². The molecule has 156 valence electrons. The number of alkyl carbamates (subject to hydrolysis) is 1. The molecule has 1 heterocycles. The molecule has 1 fully saturated rings. The molecule has 28 heavy (non-hydrogen) atoms. The maximum Gasteiger partial charge on any atom is 0.407 e. The molecule has 0 aliphatic carbocycles. The minimum absolute atomic E-state index is 0.0301. The first kappa shape index (κ1) is 21.9. The van der Waals surface area contributed by atoms with Crippen molar-refractivity contribution >= 4 is 17.5 Å². The summed E-state index contributed by atoms with van der Waals surface area (Å²) in [6, 6.07) is 4.72. The second kappa shape index (κ2) is 9.70. The predicted molar refractivity (Wildman–Crippen MR) is 105 cm³/mol. The number of hydrogen-bond donors (Lipinski definition) is 1. The highest BCUT2D eigenvalue weighted by molar-refractivity contribution is 5.68. The molecular formula is C19H29N3O6. The van der Waals surface area contributed by atoms with Crippen molar-refractivity contribution in [3.8, 4) is 0 Å². The molecule has 1 aliphatic heterocycles. The van der Waals surface area contributed by atoms with Crippen LogP contribution in [0.15, 0.2) is 18.2 Å². The number of anilines is 1. The Morgan fingerprint density at radius 3 is 2.61 bits per heavy atom. The van der Waals surface area contributed by atoms with Crippen LogP contribution in [0.2, 0.25) is 0 Å². The lowest BCUT2D eigenvalue weighted by atomic mass is 10.1. The van der Waals surface area contributed by atoms with E-state index in [2.05, 4.69) is 10.2 Å². The van der Waals surface area contributed by atoms with E-state index in [0.29, 0.717) is 31.9 Å². The van der Waals surface area contributed by atoms with Crippen LogP contribution in [-0.4, -0.2) is 55.6 Å². The number of carbonyl (C=O) groups excluding carboxylic acids is 1. The number of ether oxygens (including phenoxy) is 3. The van der Waals surface area contributed by atoms with Gasteiger partial charge in [0.1, 0.15) is 5.60 Å². The molecule has 1 aromatic carbocycles. The summed E-state index contributed by atoms with van der Waals surface area (Å²) in [4.78, 5) is 24.7. The van der Waals surface area contributed by atoms with E-state index >= 15 is 0 Å². The SMILES string of the molecule is C[C@H](COCc1cc(N2CCOCC2)cc([N+](=O)[O-])c1)NC(=O)OC(C)(C)C. The largest absolute Gasteiger partial charge is 0.444 e. The second-order valence-electron chi connectivity index (χ2n) is 7.78. The van der Waals surface area contributed by atoms with Crippen LogP contribution in [0.4, 0.5) is 16.2 Å². The number of amides is 1. The van der Waals surface area contributed by atoms with E-state index in [0.717, 1.165) is 5.69 Å². The van der Waals surface area contributed by atoms with Gasteiger partial charge in [-0.25, -0.2) is 4.79 Å². The van der Waals surface area contributed by atoms with E-state index in [1.807, 2.05) is 6.07 Å². The topological polar surface area (TPSA) is 103 Å². The number of nitrogens with zero attached hydrogens (tertiary/aromatic N) is 2. The molecule has 9 nitrogen and oxygen atoms in total. The van der Waals surface area contributed by atoms with E-state index < -0.39 is 16.6 Å². The van der Waals surface area contributed by atoms with Crippen LogP contribution in [0.5, 0.6) is 0 Å². The van der Waals surface area contributed by atoms with Gasteiger partial charge in [0.2, 0.25) is 0 Å². The van der Waals surface area contributed by atoms with Crippen LogP contribution in [0.3, 0.4) is 0 Å². The highest BCUT2D eigenvalue weighted by Crippen LogP contribution is 2.25. The lowest BCUT2D eigenvalue weighted by Gasteiger charge is -2.29. The Bertz CT molecular complexity index is 683. The van der Waals surface area contributed by atoms with E-state index in [-0.39, 0.29) is 24.9 Å². The normalized spacial score (nSPS) is 15.8. The molecule has 1 amide bonds. The Morgan fingerprint density at radius 2 is 2.00 bits per heavy atom. The van der Waals surface area contributed by atoms with Gasteiger partial charge in [0, 0.05) is 30.9 Å². The van der Waals surface area contributed by atoms with Gasteiger partial charge in [0.05, 0.1) is 37.4 Å². The Hall–Kier alpha value is -2.39. The van der Waals surface area contributed by atoms with Crippen molar-refractivity contribution in [2.75, 3.05) is 37.8 Å². The Balaban J connectivity index is 1.92. The summed E-state index contributed by atoms with van der Waals surface area (Å²) in [7, 11) is 0. The van der Waals surface area contributed by atoms with Gasteiger partial charge in [0.15, 0.2) is 0 Å². The fourth-order valence-corrected chi connectivity index (χ4v) is 2.75. The zero-order chi connectivity index (χ0) is 20.7. The van der Waals surface area contributed by atoms with E-state index in [9.17, 15) is 14.9 Å². The lowest BCUT2D eigenvalue weighted by Crippen LogP contribution is -2.39. The van der Waals surface area contributed by atoms with Gasteiger partial charge < -0.3 is 24.4 Å². The summed E-state index contributed by atoms with van der Waals surface area (Å²) in [6.45, 7) is 10.2. The van der Waals surface area contributed by atoms with Gasteiger partial charge >= 0.3 is 6.09 Å². The number of benzene rings is 1. The number of carbonyl (C=O) groups is 1. The molecule has 1 aromatic rings. The standard InChI is InChI=1S/C19H29N3O6/c1-14(20-18(23)28-19(2,3)4)12-27-13-15-9-16(11-17(10-15)22(24)25)21-5-7-26-8-6-21/h9-11,14H,5-8,12-13H2,1-4H3,(H,20,23)/t14-/m1/s1. The maximum absolute atomic E-state index is 11.8. The van der Waals surface area contributed by atoms with Crippen LogP contribution < -0.4 is 10.2 Å². The van der Waals surface area contributed by atoms with Crippen molar-refractivity contribution in [1.82, 2.24) is 5.32 Å². The lowest BCUT2D eigenvalue weighted by molar-refractivity contribution is -0.384. The molecule has 2 rings (SSSR count). The summed E-state index contributed by atoms with van der Waals surface area (Å²) in [5, 5.41) is 14.0. The molecule has 1 atom stereocenters. The number of nitrogens with one attached hydrogen (secondary N) is 1. The average molecular weight is 395 g/mol. The molecule has 9 heteroatoms. The third-order valence-electron chi connectivity index (χ3n) is 3.95. The van der Waals surface area contributed by atoms with Crippen molar-refractivity contribution in [2.24, 2.45) is 0 Å². The highest BCUT2D eigenvalue weighted by Gasteiger charge is 2.19. The van der Waals surface area contributed by atoms with E-state index in [4.69, 9.17) is 14.2 Å². The summed E-state index contributed by atoms with van der Waals surface area (Å²) in [5.41, 5.74) is 0.961. The molecule has 1 saturated heterocycles. The molecule has 0 spiro atoms. The molecule has 0 saturated carbocycles. The predicted octanol–water partition coefficient (Wildman–Crippen LogP) is 2.86. The molecule has 1 N–H and O–H groups in total. The fraction of sp³-hybridized carbons (Fsp3) is 0.632. The quantitative estimate of drug-likeness (QED) is 0.559. The third kappa shape index (κ3) is 7.32. The molecular weight excluding hydrogens is 366 g/mol. The van der Waals surface area contributed by atoms with Crippen molar-refractivity contribution in [3.63, 3.8) is 0 Å². The van der Waals surface area contributed by atoms with Crippen LogP contribution in [-0.2, 0) is 20.8 Å². The van der Waals surface area contributed by atoms with Gasteiger partial charge in [-0.05, 0) is 39.3 Å². The first-order valence-corrected chi connectivity index (χ1v) is 9.32. The average Bonchev–Trinajstić information content (AvgIpc) is 2.60.